The van der Waals surface area contributed by atoms with E-state index in [1.807, 2.05) is 4.90 Å². The van der Waals surface area contributed by atoms with E-state index >= 15 is 0 Å². The predicted molar refractivity (Wildman–Crippen MR) is 73.7 cm³/mol. The highest BCUT2D eigenvalue weighted by Crippen LogP contribution is 2.17. The maximum atomic E-state index is 11.8. The Kier molecular flexibility index (Phi) is 5.19. The van der Waals surface area contributed by atoms with Crippen molar-refractivity contribution in [2.24, 2.45) is 0 Å². The highest BCUT2D eigenvalue weighted by Gasteiger charge is 2.22. The third-order valence-corrected chi connectivity index (χ3v) is 4.21. The van der Waals surface area contributed by atoms with Crippen LogP contribution in [0, 0.1) is 0 Å². The van der Waals surface area contributed by atoms with E-state index in [-0.39, 0.29) is 17.9 Å². The smallest absolute Gasteiger partial charge is 0.234 e. The second kappa shape index (κ2) is 6.89. The lowest BCUT2D eigenvalue weighted by Gasteiger charge is -2.31. The van der Waals surface area contributed by atoms with Crippen molar-refractivity contribution in [1.29, 1.82) is 0 Å². The zero-order valence-corrected chi connectivity index (χ0v) is 11.8. The van der Waals surface area contributed by atoms with Crippen molar-refractivity contribution in [3.05, 3.63) is 0 Å². The summed E-state index contributed by atoms with van der Waals surface area (Å²) in [4.78, 5) is 24.9. The zero-order chi connectivity index (χ0) is 13.7. The second-order valence-electron chi connectivity index (χ2n) is 5.71. The Hall–Kier alpha value is -1.10. The highest BCUT2D eigenvalue weighted by atomic mass is 16.2. The summed E-state index contributed by atoms with van der Waals surface area (Å²) >= 11 is 0. The molecule has 2 N–H and O–H groups in total. The molecule has 0 spiro atoms. The van der Waals surface area contributed by atoms with E-state index < -0.39 is 0 Å². The molecule has 1 heterocycles. The molecule has 0 bridgehead atoms. The number of nitrogens with zero attached hydrogens (tertiary/aromatic N) is 1. The average Bonchev–Trinajstić information content (AvgIpc) is 2.90. The van der Waals surface area contributed by atoms with Gasteiger partial charge in [-0.3, -0.25) is 9.59 Å². The van der Waals surface area contributed by atoms with E-state index in [0.29, 0.717) is 12.6 Å². The van der Waals surface area contributed by atoms with Gasteiger partial charge in [0.05, 0.1) is 6.54 Å². The van der Waals surface area contributed by atoms with Crippen molar-refractivity contribution in [1.82, 2.24) is 15.5 Å². The minimum absolute atomic E-state index is 0.0909. The van der Waals surface area contributed by atoms with Crippen LogP contribution >= 0.6 is 0 Å². The number of carbonyl (C=O) groups excluding carboxylic acids is 2. The van der Waals surface area contributed by atoms with Crippen LogP contribution in [0.2, 0.25) is 0 Å². The van der Waals surface area contributed by atoms with Gasteiger partial charge in [-0.2, -0.15) is 0 Å². The summed E-state index contributed by atoms with van der Waals surface area (Å²) in [5, 5.41) is 6.38. The Bertz CT molecular complexity index is 319. The molecule has 2 fully saturated rings. The Morgan fingerprint density at radius 1 is 1.05 bits per heavy atom. The standard InChI is InChI=1S/C14H25N3O2/c1-11(18)17-8-6-13(7-9-17)16-14(19)10-15-12-4-2-3-5-12/h12-13,15H,2-10H2,1H3,(H,16,19). The summed E-state index contributed by atoms with van der Waals surface area (Å²) < 4.78 is 0. The monoisotopic (exact) mass is 267 g/mol. The Balaban J connectivity index is 1.61. The van der Waals surface area contributed by atoms with Crippen molar-refractivity contribution in [2.75, 3.05) is 19.6 Å². The quantitative estimate of drug-likeness (QED) is 0.786. The van der Waals surface area contributed by atoms with Crippen molar-refractivity contribution in [3.8, 4) is 0 Å². The number of amides is 2. The van der Waals surface area contributed by atoms with E-state index in [2.05, 4.69) is 10.6 Å². The summed E-state index contributed by atoms with van der Waals surface area (Å²) in [6, 6.07) is 0.763. The third-order valence-electron chi connectivity index (χ3n) is 4.21. The predicted octanol–water partition coefficient (Wildman–Crippen LogP) is 0.646. The third kappa shape index (κ3) is 4.49. The lowest BCUT2D eigenvalue weighted by Crippen LogP contribution is -2.48. The number of nitrogens with one attached hydrogen (secondary N) is 2. The minimum atomic E-state index is 0.0909. The van der Waals surface area contributed by atoms with Crippen LogP contribution in [-0.2, 0) is 9.59 Å². The van der Waals surface area contributed by atoms with Crippen LogP contribution in [0.4, 0.5) is 0 Å². The topological polar surface area (TPSA) is 61.4 Å². The normalized spacial score (nSPS) is 21.6. The number of carbonyl (C=O) groups is 2. The molecular weight excluding hydrogens is 242 g/mol. The summed E-state index contributed by atoms with van der Waals surface area (Å²) in [5.74, 6) is 0.223. The Morgan fingerprint density at radius 2 is 1.68 bits per heavy atom. The van der Waals surface area contributed by atoms with Gasteiger partial charge in [0, 0.05) is 32.1 Å². The van der Waals surface area contributed by atoms with Gasteiger partial charge in [-0.25, -0.2) is 0 Å². The molecule has 2 rings (SSSR count). The van der Waals surface area contributed by atoms with Crippen molar-refractivity contribution in [3.63, 3.8) is 0 Å². The number of piperidine rings is 1. The first-order valence-corrected chi connectivity index (χ1v) is 7.43. The SMILES string of the molecule is CC(=O)N1CCC(NC(=O)CNC2CCCC2)CC1. The van der Waals surface area contributed by atoms with Gasteiger partial charge in [-0.1, -0.05) is 12.8 Å². The van der Waals surface area contributed by atoms with Crippen molar-refractivity contribution in [2.45, 2.75) is 57.5 Å². The number of likely N-dealkylation sites (tertiary alicyclic amines) is 1. The first-order chi connectivity index (χ1) is 9.15. The summed E-state index contributed by atoms with van der Waals surface area (Å²) in [6.07, 6.45) is 6.70. The van der Waals surface area contributed by atoms with E-state index in [0.717, 1.165) is 25.9 Å². The first-order valence-electron chi connectivity index (χ1n) is 7.43. The van der Waals surface area contributed by atoms with Crippen LogP contribution in [0.5, 0.6) is 0 Å². The summed E-state index contributed by atoms with van der Waals surface area (Å²) in [5.41, 5.74) is 0. The van der Waals surface area contributed by atoms with Gasteiger partial charge >= 0.3 is 0 Å². The van der Waals surface area contributed by atoms with Crippen molar-refractivity contribution >= 4 is 11.8 Å². The molecule has 5 nitrogen and oxygen atoms in total. The maximum Gasteiger partial charge on any atom is 0.234 e. The van der Waals surface area contributed by atoms with Crippen LogP contribution < -0.4 is 10.6 Å². The number of hydrogen-bond acceptors (Lipinski definition) is 3. The minimum Gasteiger partial charge on any atom is -0.352 e. The molecule has 1 saturated carbocycles. The molecule has 1 aliphatic heterocycles. The van der Waals surface area contributed by atoms with Crippen LogP contribution in [0.15, 0.2) is 0 Å². The zero-order valence-electron chi connectivity index (χ0n) is 11.8. The first kappa shape index (κ1) is 14.3. The molecule has 19 heavy (non-hydrogen) atoms. The Morgan fingerprint density at radius 3 is 2.26 bits per heavy atom. The molecule has 0 radical (unpaired) electrons. The molecule has 0 atom stereocenters. The molecule has 2 amide bonds. The van der Waals surface area contributed by atoms with Crippen LogP contribution in [-0.4, -0.2) is 48.4 Å². The van der Waals surface area contributed by atoms with Crippen LogP contribution in [0.3, 0.4) is 0 Å². The maximum absolute atomic E-state index is 11.8. The largest absolute Gasteiger partial charge is 0.352 e. The molecule has 0 aromatic heterocycles. The average molecular weight is 267 g/mol. The molecule has 0 aromatic carbocycles. The number of rotatable bonds is 4. The fourth-order valence-corrected chi connectivity index (χ4v) is 2.98. The van der Waals surface area contributed by atoms with Gasteiger partial charge in [-0.05, 0) is 25.7 Å². The molecule has 108 valence electrons. The van der Waals surface area contributed by atoms with Crippen LogP contribution in [0.1, 0.15) is 45.4 Å². The van der Waals surface area contributed by atoms with Crippen molar-refractivity contribution < 1.29 is 9.59 Å². The molecule has 1 aliphatic carbocycles. The van der Waals surface area contributed by atoms with Gasteiger partial charge in [-0.15, -0.1) is 0 Å². The van der Waals surface area contributed by atoms with Crippen LogP contribution in [0.25, 0.3) is 0 Å². The van der Waals surface area contributed by atoms with E-state index in [1.54, 1.807) is 6.92 Å². The number of hydrogen-bond donors (Lipinski definition) is 2. The van der Waals surface area contributed by atoms with E-state index in [4.69, 9.17) is 0 Å². The molecule has 5 heteroatoms. The molecule has 0 aromatic rings. The van der Waals surface area contributed by atoms with E-state index in [1.165, 1.54) is 25.7 Å². The summed E-state index contributed by atoms with van der Waals surface area (Å²) in [7, 11) is 0. The second-order valence-corrected chi connectivity index (χ2v) is 5.71. The molecule has 0 unspecified atom stereocenters. The lowest BCUT2D eigenvalue weighted by molar-refractivity contribution is -0.130. The summed E-state index contributed by atoms with van der Waals surface area (Å²) in [6.45, 7) is 3.55. The fraction of sp³-hybridized carbons (Fsp3) is 0.857. The lowest BCUT2D eigenvalue weighted by atomic mass is 10.1. The fourth-order valence-electron chi connectivity index (χ4n) is 2.98. The molecular formula is C14H25N3O2. The van der Waals surface area contributed by atoms with Gasteiger partial charge in [0.2, 0.25) is 11.8 Å². The molecule has 1 saturated heterocycles. The van der Waals surface area contributed by atoms with Gasteiger partial charge < -0.3 is 15.5 Å². The van der Waals surface area contributed by atoms with Gasteiger partial charge in [0.1, 0.15) is 0 Å². The van der Waals surface area contributed by atoms with Gasteiger partial charge in [0.15, 0.2) is 0 Å². The highest BCUT2D eigenvalue weighted by molar-refractivity contribution is 5.78. The van der Waals surface area contributed by atoms with E-state index in [9.17, 15) is 9.59 Å². The Labute approximate surface area is 115 Å². The molecule has 2 aliphatic rings. The van der Waals surface area contributed by atoms with Gasteiger partial charge in [0.25, 0.3) is 0 Å².